The molecule has 0 amide bonds. The molecule has 0 saturated carbocycles. The Morgan fingerprint density at radius 1 is 1.31 bits per heavy atom. The van der Waals surface area contributed by atoms with Crippen molar-refractivity contribution in [3.8, 4) is 5.75 Å². The zero-order chi connectivity index (χ0) is 9.10. The zero-order valence-corrected chi connectivity index (χ0v) is 7.36. The average molecular weight is 179 g/mol. The average Bonchev–Trinajstić information content (AvgIpc) is 2.12. The quantitative estimate of drug-likeness (QED) is 0.711. The van der Waals surface area contributed by atoms with Gasteiger partial charge in [0.1, 0.15) is 11.9 Å². The number of nitrogens with one attached hydrogen (secondary N) is 1. The molecule has 1 aromatic carbocycles. The summed E-state index contributed by atoms with van der Waals surface area (Å²) in [6.45, 7) is 1.95. The maximum absolute atomic E-state index is 8.82. The maximum Gasteiger partial charge on any atom is 0.123 e. The van der Waals surface area contributed by atoms with Crippen LogP contribution < -0.4 is 10.1 Å². The van der Waals surface area contributed by atoms with Gasteiger partial charge in [0.15, 0.2) is 0 Å². The summed E-state index contributed by atoms with van der Waals surface area (Å²) in [6, 6.07) is 7.54. The van der Waals surface area contributed by atoms with Crippen molar-refractivity contribution in [2.24, 2.45) is 0 Å². The van der Waals surface area contributed by atoms with Gasteiger partial charge in [-0.1, -0.05) is 12.1 Å². The lowest BCUT2D eigenvalue weighted by molar-refractivity contribution is 0.142. The van der Waals surface area contributed by atoms with Crippen LogP contribution in [0.5, 0.6) is 5.75 Å². The monoisotopic (exact) mass is 179 g/mol. The van der Waals surface area contributed by atoms with Crippen molar-refractivity contribution in [2.75, 3.05) is 13.1 Å². The highest BCUT2D eigenvalue weighted by Crippen LogP contribution is 2.14. The fourth-order valence-electron chi connectivity index (χ4n) is 1.21. The standard InChI is InChI=1S/C10H13NO2/c12-7-8-1-3-9(4-2-8)13-10-5-11-6-10/h1-4,10-12H,5-7H2. The smallest absolute Gasteiger partial charge is 0.123 e. The highest BCUT2D eigenvalue weighted by atomic mass is 16.5. The second-order valence-electron chi connectivity index (χ2n) is 3.20. The molecule has 2 rings (SSSR count). The molecule has 0 unspecified atom stereocenters. The Morgan fingerprint density at radius 2 is 2.00 bits per heavy atom. The van der Waals surface area contributed by atoms with Crippen LogP contribution in [0.25, 0.3) is 0 Å². The third-order valence-corrected chi connectivity index (χ3v) is 2.15. The molecule has 70 valence electrons. The molecule has 3 heteroatoms. The minimum absolute atomic E-state index is 0.0886. The van der Waals surface area contributed by atoms with E-state index in [1.54, 1.807) is 0 Å². The molecule has 13 heavy (non-hydrogen) atoms. The number of ether oxygens (including phenoxy) is 1. The Kier molecular flexibility index (Phi) is 2.47. The van der Waals surface area contributed by atoms with Gasteiger partial charge >= 0.3 is 0 Å². The fraction of sp³-hybridized carbons (Fsp3) is 0.400. The highest BCUT2D eigenvalue weighted by Gasteiger charge is 2.17. The summed E-state index contributed by atoms with van der Waals surface area (Å²) in [5, 5.41) is 12.0. The van der Waals surface area contributed by atoms with E-state index < -0.39 is 0 Å². The molecular formula is C10H13NO2. The van der Waals surface area contributed by atoms with Gasteiger partial charge < -0.3 is 15.2 Å². The second kappa shape index (κ2) is 3.77. The molecular weight excluding hydrogens is 166 g/mol. The molecule has 1 fully saturated rings. The van der Waals surface area contributed by atoms with Crippen LogP contribution in [-0.4, -0.2) is 24.3 Å². The normalized spacial score (nSPS) is 16.7. The molecule has 0 spiro atoms. The molecule has 0 bridgehead atoms. The van der Waals surface area contributed by atoms with Crippen molar-refractivity contribution < 1.29 is 9.84 Å². The van der Waals surface area contributed by atoms with Gasteiger partial charge in [0.25, 0.3) is 0 Å². The van der Waals surface area contributed by atoms with Gasteiger partial charge in [-0.25, -0.2) is 0 Å². The summed E-state index contributed by atoms with van der Waals surface area (Å²) >= 11 is 0. The van der Waals surface area contributed by atoms with E-state index in [0.717, 1.165) is 24.4 Å². The van der Waals surface area contributed by atoms with Crippen LogP contribution in [0.15, 0.2) is 24.3 Å². The van der Waals surface area contributed by atoms with Crippen molar-refractivity contribution in [3.05, 3.63) is 29.8 Å². The first kappa shape index (κ1) is 8.53. The third kappa shape index (κ3) is 1.99. The summed E-state index contributed by atoms with van der Waals surface area (Å²) in [5.41, 5.74) is 0.916. The largest absolute Gasteiger partial charge is 0.488 e. The Hall–Kier alpha value is -1.06. The number of hydrogen-bond donors (Lipinski definition) is 2. The molecule has 1 saturated heterocycles. The number of aliphatic hydroxyl groups is 1. The Bertz CT molecular complexity index is 267. The van der Waals surface area contributed by atoms with E-state index in [1.807, 2.05) is 24.3 Å². The van der Waals surface area contributed by atoms with E-state index in [9.17, 15) is 0 Å². The van der Waals surface area contributed by atoms with Gasteiger partial charge in [0, 0.05) is 13.1 Å². The van der Waals surface area contributed by atoms with Gasteiger partial charge in [-0.2, -0.15) is 0 Å². The first-order chi connectivity index (χ1) is 6.38. The van der Waals surface area contributed by atoms with Gasteiger partial charge in [0.05, 0.1) is 6.61 Å². The van der Waals surface area contributed by atoms with Gasteiger partial charge in [0.2, 0.25) is 0 Å². The molecule has 0 aromatic heterocycles. The van der Waals surface area contributed by atoms with Crippen LogP contribution in [0.3, 0.4) is 0 Å². The van der Waals surface area contributed by atoms with Gasteiger partial charge in [-0.05, 0) is 17.7 Å². The first-order valence-corrected chi connectivity index (χ1v) is 4.45. The third-order valence-electron chi connectivity index (χ3n) is 2.15. The molecule has 0 aliphatic carbocycles. The van der Waals surface area contributed by atoms with Crippen LogP contribution in [0, 0.1) is 0 Å². The SMILES string of the molecule is OCc1ccc(OC2CNC2)cc1. The summed E-state index contributed by atoms with van der Waals surface area (Å²) in [5.74, 6) is 0.878. The lowest BCUT2D eigenvalue weighted by Gasteiger charge is -2.27. The number of hydrogen-bond acceptors (Lipinski definition) is 3. The Morgan fingerprint density at radius 3 is 2.46 bits per heavy atom. The summed E-state index contributed by atoms with van der Waals surface area (Å²) in [7, 11) is 0. The summed E-state index contributed by atoms with van der Waals surface area (Å²) in [4.78, 5) is 0. The van der Waals surface area contributed by atoms with E-state index in [1.165, 1.54) is 0 Å². The number of rotatable bonds is 3. The first-order valence-electron chi connectivity index (χ1n) is 4.45. The molecule has 1 aliphatic heterocycles. The van der Waals surface area contributed by atoms with Gasteiger partial charge in [-0.3, -0.25) is 0 Å². The van der Waals surface area contributed by atoms with Crippen LogP contribution in [0.1, 0.15) is 5.56 Å². The lowest BCUT2D eigenvalue weighted by atomic mass is 10.2. The fourth-order valence-corrected chi connectivity index (χ4v) is 1.21. The maximum atomic E-state index is 8.82. The summed E-state index contributed by atoms with van der Waals surface area (Å²) in [6.07, 6.45) is 0.319. The molecule has 1 heterocycles. The Labute approximate surface area is 77.3 Å². The molecule has 1 aromatic rings. The molecule has 0 atom stereocenters. The highest BCUT2D eigenvalue weighted by molar-refractivity contribution is 5.27. The van der Waals surface area contributed by atoms with Crippen LogP contribution in [0.2, 0.25) is 0 Å². The van der Waals surface area contributed by atoms with E-state index in [4.69, 9.17) is 9.84 Å². The lowest BCUT2D eigenvalue weighted by Crippen LogP contribution is -2.50. The summed E-state index contributed by atoms with van der Waals surface area (Å²) < 4.78 is 5.61. The van der Waals surface area contributed by atoms with E-state index in [0.29, 0.717) is 6.10 Å². The van der Waals surface area contributed by atoms with Crippen LogP contribution in [0.4, 0.5) is 0 Å². The number of aliphatic hydroxyl groups excluding tert-OH is 1. The zero-order valence-electron chi connectivity index (χ0n) is 7.36. The van der Waals surface area contributed by atoms with Crippen LogP contribution in [-0.2, 0) is 6.61 Å². The Balaban J connectivity index is 1.96. The minimum Gasteiger partial charge on any atom is -0.488 e. The van der Waals surface area contributed by atoms with Crippen molar-refractivity contribution >= 4 is 0 Å². The molecule has 2 N–H and O–H groups in total. The topological polar surface area (TPSA) is 41.5 Å². The second-order valence-corrected chi connectivity index (χ2v) is 3.20. The van der Waals surface area contributed by atoms with Crippen molar-refractivity contribution in [1.82, 2.24) is 5.32 Å². The predicted octanol–water partition coefficient (Wildman–Crippen LogP) is 0.530. The van der Waals surface area contributed by atoms with Gasteiger partial charge in [-0.15, -0.1) is 0 Å². The number of benzene rings is 1. The molecule has 0 radical (unpaired) electrons. The van der Waals surface area contributed by atoms with E-state index >= 15 is 0 Å². The van der Waals surface area contributed by atoms with Crippen molar-refractivity contribution in [1.29, 1.82) is 0 Å². The molecule has 3 nitrogen and oxygen atoms in total. The molecule has 1 aliphatic rings. The van der Waals surface area contributed by atoms with Crippen molar-refractivity contribution in [3.63, 3.8) is 0 Å². The predicted molar refractivity (Wildman–Crippen MR) is 49.7 cm³/mol. The minimum atomic E-state index is 0.0886. The van der Waals surface area contributed by atoms with E-state index in [-0.39, 0.29) is 6.61 Å². The van der Waals surface area contributed by atoms with E-state index in [2.05, 4.69) is 5.32 Å². The van der Waals surface area contributed by atoms with Crippen molar-refractivity contribution in [2.45, 2.75) is 12.7 Å². The van der Waals surface area contributed by atoms with Crippen LogP contribution >= 0.6 is 0 Å².